The molecule has 3 nitrogen and oxygen atoms in total. The van der Waals surface area contributed by atoms with E-state index >= 15 is 0 Å². The van der Waals surface area contributed by atoms with Crippen molar-refractivity contribution in [2.24, 2.45) is 0 Å². The van der Waals surface area contributed by atoms with E-state index in [-0.39, 0.29) is 6.61 Å². The van der Waals surface area contributed by atoms with E-state index in [9.17, 15) is 18.0 Å². The zero-order chi connectivity index (χ0) is 15.2. The summed E-state index contributed by atoms with van der Waals surface area (Å²) in [6, 6.07) is 4.92. The van der Waals surface area contributed by atoms with Crippen LogP contribution in [0.15, 0.2) is 18.2 Å². The third kappa shape index (κ3) is 6.25. The van der Waals surface area contributed by atoms with E-state index in [1.54, 1.807) is 25.1 Å². The molecular formula is C14H14F3NO2. The summed E-state index contributed by atoms with van der Waals surface area (Å²) in [6.45, 7) is 1.48. The Morgan fingerprint density at radius 3 is 2.65 bits per heavy atom. The molecule has 0 radical (unpaired) electrons. The lowest BCUT2D eigenvalue weighted by Crippen LogP contribution is -2.16. The highest BCUT2D eigenvalue weighted by atomic mass is 19.4. The van der Waals surface area contributed by atoms with Crippen LogP contribution in [0, 0.1) is 18.8 Å². The first-order valence-corrected chi connectivity index (χ1v) is 5.88. The Labute approximate surface area is 114 Å². The van der Waals surface area contributed by atoms with Crippen LogP contribution in [0.2, 0.25) is 0 Å². The van der Waals surface area contributed by atoms with Gasteiger partial charge in [-0.1, -0.05) is 11.8 Å². The summed E-state index contributed by atoms with van der Waals surface area (Å²) in [4.78, 5) is 11.4. The molecule has 0 heterocycles. The first-order chi connectivity index (χ1) is 9.30. The number of aryl methyl sites for hydroxylation is 1. The van der Waals surface area contributed by atoms with E-state index in [1.807, 2.05) is 0 Å². The number of anilines is 1. The minimum atomic E-state index is -4.35. The Morgan fingerprint density at radius 2 is 2.05 bits per heavy atom. The summed E-state index contributed by atoms with van der Waals surface area (Å²) in [5.74, 6) is 4.44. The molecule has 1 aromatic rings. The second-order valence-electron chi connectivity index (χ2n) is 4.21. The van der Waals surface area contributed by atoms with Gasteiger partial charge in [-0.05, 0) is 30.7 Å². The molecule has 108 valence electrons. The summed E-state index contributed by atoms with van der Waals surface area (Å²) in [6.07, 6.45) is -6.11. The molecule has 0 fully saturated rings. The number of aliphatic hydroxyl groups excluding tert-OH is 1. The van der Waals surface area contributed by atoms with Crippen LogP contribution in [0.5, 0.6) is 0 Å². The molecule has 0 aromatic heterocycles. The van der Waals surface area contributed by atoms with Gasteiger partial charge < -0.3 is 10.4 Å². The Morgan fingerprint density at radius 1 is 1.35 bits per heavy atom. The number of aliphatic hydroxyl groups is 1. The summed E-state index contributed by atoms with van der Waals surface area (Å²) >= 11 is 0. The smallest absolute Gasteiger partial charge is 0.384 e. The molecule has 1 amide bonds. The van der Waals surface area contributed by atoms with E-state index in [4.69, 9.17) is 5.11 Å². The highest BCUT2D eigenvalue weighted by Gasteiger charge is 2.27. The maximum atomic E-state index is 12.0. The number of rotatable bonds is 3. The maximum Gasteiger partial charge on any atom is 0.389 e. The molecule has 0 bridgehead atoms. The van der Waals surface area contributed by atoms with Crippen molar-refractivity contribution in [3.63, 3.8) is 0 Å². The molecule has 0 saturated heterocycles. The van der Waals surface area contributed by atoms with Crippen molar-refractivity contribution >= 4 is 11.6 Å². The molecule has 0 aliphatic rings. The first kappa shape index (κ1) is 16.1. The van der Waals surface area contributed by atoms with Crippen LogP contribution in [0.4, 0.5) is 18.9 Å². The molecule has 1 aromatic carbocycles. The zero-order valence-electron chi connectivity index (χ0n) is 10.8. The van der Waals surface area contributed by atoms with Crippen molar-refractivity contribution in [2.45, 2.75) is 25.9 Å². The number of carbonyl (C=O) groups is 1. The standard InChI is InChI=1S/C14H14F3NO2/c1-10-7-11(3-2-6-19)9-12(8-10)18-13(20)4-5-14(15,16)17/h7-9,19H,4-6H2,1H3,(H,18,20). The quantitative estimate of drug-likeness (QED) is 0.839. The van der Waals surface area contributed by atoms with Gasteiger partial charge >= 0.3 is 6.18 Å². The molecule has 0 aliphatic heterocycles. The number of hydrogen-bond donors (Lipinski definition) is 2. The number of benzene rings is 1. The Balaban J connectivity index is 2.72. The van der Waals surface area contributed by atoms with Crippen LogP contribution in [0.1, 0.15) is 24.0 Å². The monoisotopic (exact) mass is 285 g/mol. The second kappa shape index (κ2) is 6.96. The van der Waals surface area contributed by atoms with E-state index in [0.717, 1.165) is 5.56 Å². The van der Waals surface area contributed by atoms with Crippen molar-refractivity contribution in [1.82, 2.24) is 0 Å². The van der Waals surface area contributed by atoms with Gasteiger partial charge in [-0.2, -0.15) is 13.2 Å². The molecule has 0 aliphatic carbocycles. The van der Waals surface area contributed by atoms with Gasteiger partial charge in [0.05, 0.1) is 6.42 Å². The molecule has 0 saturated carbocycles. The average molecular weight is 285 g/mol. The van der Waals surface area contributed by atoms with Gasteiger partial charge in [0, 0.05) is 17.7 Å². The number of alkyl halides is 3. The summed E-state index contributed by atoms with van der Waals surface area (Å²) in [5, 5.41) is 11.0. The van der Waals surface area contributed by atoms with Crippen LogP contribution >= 0.6 is 0 Å². The number of amides is 1. The normalized spacial score (nSPS) is 10.7. The number of nitrogens with one attached hydrogen (secondary N) is 1. The second-order valence-corrected chi connectivity index (χ2v) is 4.21. The summed E-state index contributed by atoms with van der Waals surface area (Å²) in [5.41, 5.74) is 1.77. The minimum Gasteiger partial charge on any atom is -0.384 e. The lowest BCUT2D eigenvalue weighted by molar-refractivity contribution is -0.142. The highest BCUT2D eigenvalue weighted by Crippen LogP contribution is 2.22. The first-order valence-electron chi connectivity index (χ1n) is 5.88. The van der Waals surface area contributed by atoms with E-state index in [0.29, 0.717) is 11.3 Å². The van der Waals surface area contributed by atoms with Crippen LogP contribution in [0.25, 0.3) is 0 Å². The van der Waals surface area contributed by atoms with Gasteiger partial charge in [0.1, 0.15) is 6.61 Å². The van der Waals surface area contributed by atoms with Crippen LogP contribution < -0.4 is 5.32 Å². The molecule has 0 unspecified atom stereocenters. The lowest BCUT2D eigenvalue weighted by atomic mass is 10.1. The SMILES string of the molecule is Cc1cc(C#CCO)cc(NC(=O)CCC(F)(F)F)c1. The van der Waals surface area contributed by atoms with Crippen LogP contribution in [-0.2, 0) is 4.79 Å². The van der Waals surface area contributed by atoms with Crippen molar-refractivity contribution in [3.05, 3.63) is 29.3 Å². The average Bonchev–Trinajstić information content (AvgIpc) is 2.32. The lowest BCUT2D eigenvalue weighted by Gasteiger charge is -2.08. The van der Waals surface area contributed by atoms with Gasteiger partial charge in [0.2, 0.25) is 5.91 Å². The van der Waals surface area contributed by atoms with Gasteiger partial charge in [-0.15, -0.1) is 0 Å². The van der Waals surface area contributed by atoms with Crippen molar-refractivity contribution in [1.29, 1.82) is 0 Å². The van der Waals surface area contributed by atoms with Crippen LogP contribution in [0.3, 0.4) is 0 Å². The van der Waals surface area contributed by atoms with Gasteiger partial charge in [0.15, 0.2) is 0 Å². The largest absolute Gasteiger partial charge is 0.389 e. The topological polar surface area (TPSA) is 49.3 Å². The Bertz CT molecular complexity index is 542. The molecular weight excluding hydrogens is 271 g/mol. The Kier molecular flexibility index (Phi) is 5.59. The molecule has 1 rings (SSSR count). The summed E-state index contributed by atoms with van der Waals surface area (Å²) in [7, 11) is 0. The predicted octanol–water partition coefficient (Wildman–Crippen LogP) is 2.62. The number of hydrogen-bond acceptors (Lipinski definition) is 2. The van der Waals surface area contributed by atoms with Gasteiger partial charge in [-0.25, -0.2) is 0 Å². The van der Waals surface area contributed by atoms with Crippen molar-refractivity contribution in [2.75, 3.05) is 11.9 Å². The molecule has 2 N–H and O–H groups in total. The molecule has 0 atom stereocenters. The van der Waals surface area contributed by atoms with E-state index in [1.165, 1.54) is 0 Å². The number of carbonyl (C=O) groups excluding carboxylic acids is 1. The Hall–Kier alpha value is -2.00. The fourth-order valence-electron chi connectivity index (χ4n) is 1.55. The van der Waals surface area contributed by atoms with Gasteiger partial charge in [-0.3, -0.25) is 4.79 Å². The number of halogens is 3. The van der Waals surface area contributed by atoms with Crippen LogP contribution in [-0.4, -0.2) is 23.8 Å². The molecule has 0 spiro atoms. The predicted molar refractivity (Wildman–Crippen MR) is 69.1 cm³/mol. The fourth-order valence-corrected chi connectivity index (χ4v) is 1.55. The van der Waals surface area contributed by atoms with E-state index < -0.39 is 24.9 Å². The van der Waals surface area contributed by atoms with Crippen molar-refractivity contribution < 1.29 is 23.1 Å². The van der Waals surface area contributed by atoms with Gasteiger partial charge in [0.25, 0.3) is 0 Å². The summed E-state index contributed by atoms with van der Waals surface area (Å²) < 4.78 is 36.0. The highest BCUT2D eigenvalue weighted by molar-refractivity contribution is 5.91. The third-order valence-electron chi connectivity index (χ3n) is 2.31. The van der Waals surface area contributed by atoms with Crippen molar-refractivity contribution in [3.8, 4) is 11.8 Å². The zero-order valence-corrected chi connectivity index (χ0v) is 10.8. The fraction of sp³-hybridized carbons (Fsp3) is 0.357. The third-order valence-corrected chi connectivity index (χ3v) is 2.31. The molecule has 20 heavy (non-hydrogen) atoms. The minimum absolute atomic E-state index is 0.290. The van der Waals surface area contributed by atoms with E-state index in [2.05, 4.69) is 17.2 Å². The maximum absolute atomic E-state index is 12.0. The molecule has 6 heteroatoms.